The Kier molecular flexibility index (Phi) is 4.90. The van der Waals surface area contributed by atoms with Crippen LogP contribution in [0.3, 0.4) is 0 Å². The first-order valence-electron chi connectivity index (χ1n) is 6.76. The number of carbonyl (C=O) groups is 1. The number of carbonyl (C=O) groups excluding carboxylic acids is 1. The molecule has 120 valence electrons. The molecular weight excluding hydrogens is 303 g/mol. The number of benzene rings is 2. The van der Waals surface area contributed by atoms with Crippen molar-refractivity contribution in [2.45, 2.75) is 6.61 Å². The minimum Gasteiger partial charge on any atom is -0.457 e. The molecule has 0 N–H and O–H groups in total. The second-order valence-corrected chi connectivity index (χ2v) is 5.02. The van der Waals surface area contributed by atoms with Crippen molar-refractivity contribution in [3.05, 3.63) is 69.5 Å². The Labute approximate surface area is 132 Å². The molecule has 0 aliphatic rings. The van der Waals surface area contributed by atoms with Crippen LogP contribution in [0.5, 0.6) is 0 Å². The Bertz CT molecular complexity index is 747. The second-order valence-electron chi connectivity index (χ2n) is 5.02. The van der Waals surface area contributed by atoms with Crippen LogP contribution < -0.4 is 4.90 Å². The van der Waals surface area contributed by atoms with Crippen molar-refractivity contribution in [3.63, 3.8) is 0 Å². The van der Waals surface area contributed by atoms with Crippen LogP contribution in [-0.2, 0) is 11.3 Å². The maximum atomic E-state index is 13.5. The van der Waals surface area contributed by atoms with Gasteiger partial charge in [-0.05, 0) is 18.2 Å². The van der Waals surface area contributed by atoms with Gasteiger partial charge < -0.3 is 9.64 Å². The highest BCUT2D eigenvalue weighted by Gasteiger charge is 2.19. The summed E-state index contributed by atoms with van der Waals surface area (Å²) in [5.41, 5.74) is 0.454. The molecule has 0 atom stereocenters. The third-order valence-electron chi connectivity index (χ3n) is 3.21. The summed E-state index contributed by atoms with van der Waals surface area (Å²) in [6, 6.07) is 9.98. The van der Waals surface area contributed by atoms with Crippen LogP contribution in [0.4, 0.5) is 15.8 Å². The van der Waals surface area contributed by atoms with Gasteiger partial charge in [0.05, 0.1) is 10.5 Å². The van der Waals surface area contributed by atoms with E-state index in [-0.39, 0.29) is 23.4 Å². The topological polar surface area (TPSA) is 72.7 Å². The fraction of sp³-hybridized carbons (Fsp3) is 0.188. The highest BCUT2D eigenvalue weighted by molar-refractivity contribution is 5.91. The first-order valence-corrected chi connectivity index (χ1v) is 6.76. The summed E-state index contributed by atoms with van der Waals surface area (Å²) in [5, 5.41) is 11.1. The molecular formula is C16H15FN2O4. The predicted octanol–water partition coefficient (Wildman–Crippen LogP) is 3.16. The molecule has 0 saturated carbocycles. The van der Waals surface area contributed by atoms with Gasteiger partial charge in [0, 0.05) is 25.7 Å². The second kappa shape index (κ2) is 6.87. The minimum atomic E-state index is -0.748. The first-order chi connectivity index (χ1) is 10.9. The van der Waals surface area contributed by atoms with Crippen LogP contribution in [0.2, 0.25) is 0 Å². The van der Waals surface area contributed by atoms with Gasteiger partial charge in [-0.2, -0.15) is 0 Å². The third kappa shape index (κ3) is 3.82. The van der Waals surface area contributed by atoms with Crippen molar-refractivity contribution < 1.29 is 18.8 Å². The van der Waals surface area contributed by atoms with Gasteiger partial charge in [-0.15, -0.1) is 0 Å². The molecule has 0 unspecified atom stereocenters. The number of nitrogens with zero attached hydrogens (tertiary/aromatic N) is 2. The lowest BCUT2D eigenvalue weighted by Gasteiger charge is -2.13. The van der Waals surface area contributed by atoms with Crippen molar-refractivity contribution in [2.75, 3.05) is 19.0 Å². The molecule has 6 nitrogen and oxygen atoms in total. The van der Waals surface area contributed by atoms with E-state index in [1.165, 1.54) is 30.3 Å². The van der Waals surface area contributed by atoms with Crippen molar-refractivity contribution in [2.24, 2.45) is 0 Å². The van der Waals surface area contributed by atoms with Crippen LogP contribution in [0.25, 0.3) is 0 Å². The minimum absolute atomic E-state index is 0.0404. The van der Waals surface area contributed by atoms with E-state index >= 15 is 0 Å². The van der Waals surface area contributed by atoms with Crippen molar-refractivity contribution in [3.8, 4) is 0 Å². The lowest BCUT2D eigenvalue weighted by atomic mass is 10.1. The Hall–Kier alpha value is -2.96. The van der Waals surface area contributed by atoms with Gasteiger partial charge in [0.1, 0.15) is 18.1 Å². The van der Waals surface area contributed by atoms with Gasteiger partial charge in [-0.3, -0.25) is 10.1 Å². The molecule has 2 aromatic carbocycles. The van der Waals surface area contributed by atoms with Gasteiger partial charge in [-0.1, -0.05) is 18.2 Å². The average Bonchev–Trinajstić information content (AvgIpc) is 2.53. The highest BCUT2D eigenvalue weighted by atomic mass is 19.1. The molecule has 0 aliphatic heterocycles. The monoisotopic (exact) mass is 318 g/mol. The van der Waals surface area contributed by atoms with Gasteiger partial charge >= 0.3 is 5.97 Å². The largest absolute Gasteiger partial charge is 0.457 e. The van der Waals surface area contributed by atoms with Crippen LogP contribution in [0, 0.1) is 15.9 Å². The Morgan fingerprint density at radius 1 is 1.26 bits per heavy atom. The van der Waals surface area contributed by atoms with Crippen LogP contribution >= 0.6 is 0 Å². The van der Waals surface area contributed by atoms with E-state index in [9.17, 15) is 19.3 Å². The number of halogens is 1. The number of ether oxygens (including phenoxy) is 1. The lowest BCUT2D eigenvalue weighted by molar-refractivity contribution is -0.384. The zero-order chi connectivity index (χ0) is 17.0. The molecule has 2 aromatic rings. The molecule has 0 heterocycles. The summed E-state index contributed by atoms with van der Waals surface area (Å²) >= 11 is 0. The first kappa shape index (κ1) is 16.4. The quantitative estimate of drug-likeness (QED) is 0.481. The van der Waals surface area contributed by atoms with E-state index in [0.717, 1.165) is 6.07 Å². The molecule has 2 rings (SSSR count). The normalized spacial score (nSPS) is 10.2. The summed E-state index contributed by atoms with van der Waals surface area (Å²) in [4.78, 5) is 24.1. The van der Waals surface area contributed by atoms with Crippen LogP contribution in [0.15, 0.2) is 42.5 Å². The predicted molar refractivity (Wildman–Crippen MR) is 82.9 cm³/mol. The average molecular weight is 318 g/mol. The number of nitro benzene ring substituents is 1. The maximum Gasteiger partial charge on any atom is 0.338 e. The van der Waals surface area contributed by atoms with Gasteiger partial charge in [0.2, 0.25) is 0 Å². The summed E-state index contributed by atoms with van der Waals surface area (Å²) in [6.07, 6.45) is 0. The van der Waals surface area contributed by atoms with Gasteiger partial charge in [-0.25, -0.2) is 9.18 Å². The van der Waals surface area contributed by atoms with Crippen LogP contribution in [0.1, 0.15) is 15.9 Å². The Morgan fingerprint density at radius 3 is 2.57 bits per heavy atom. The number of esters is 1. The van der Waals surface area contributed by atoms with Gasteiger partial charge in [0.25, 0.3) is 5.69 Å². The molecule has 0 aromatic heterocycles. The van der Waals surface area contributed by atoms with E-state index in [4.69, 9.17) is 4.74 Å². The number of anilines is 1. The molecule has 0 aliphatic carbocycles. The zero-order valence-electron chi connectivity index (χ0n) is 12.7. The molecule has 0 fully saturated rings. The van der Waals surface area contributed by atoms with Crippen molar-refractivity contribution >= 4 is 17.3 Å². The van der Waals surface area contributed by atoms with E-state index in [2.05, 4.69) is 0 Å². The molecule has 7 heteroatoms. The highest BCUT2D eigenvalue weighted by Crippen LogP contribution is 2.28. The fourth-order valence-corrected chi connectivity index (χ4v) is 2.02. The summed E-state index contributed by atoms with van der Waals surface area (Å²) in [7, 11) is 3.33. The van der Waals surface area contributed by atoms with Crippen LogP contribution in [-0.4, -0.2) is 25.0 Å². The molecule has 0 radical (unpaired) electrons. The summed E-state index contributed by atoms with van der Waals surface area (Å²) in [5.74, 6) is -1.23. The number of nitro groups is 1. The van der Waals surface area contributed by atoms with Crippen molar-refractivity contribution in [1.82, 2.24) is 0 Å². The van der Waals surface area contributed by atoms with E-state index < -0.39 is 16.7 Å². The Morgan fingerprint density at radius 2 is 1.96 bits per heavy atom. The lowest BCUT2D eigenvalue weighted by Crippen LogP contribution is -2.12. The molecule has 0 amide bonds. The van der Waals surface area contributed by atoms with E-state index in [1.54, 1.807) is 25.1 Å². The molecule has 0 bridgehead atoms. The zero-order valence-corrected chi connectivity index (χ0v) is 12.7. The number of rotatable bonds is 5. The van der Waals surface area contributed by atoms with Gasteiger partial charge in [0.15, 0.2) is 0 Å². The smallest absolute Gasteiger partial charge is 0.338 e. The number of hydrogen-bond acceptors (Lipinski definition) is 5. The number of hydrogen-bond donors (Lipinski definition) is 0. The fourth-order valence-electron chi connectivity index (χ4n) is 2.02. The molecule has 23 heavy (non-hydrogen) atoms. The maximum absolute atomic E-state index is 13.5. The SMILES string of the molecule is CN(C)c1ccc(C(=O)OCc2ccccc2F)cc1[N+](=O)[O-]. The molecule has 0 spiro atoms. The molecule has 0 saturated heterocycles. The van der Waals surface area contributed by atoms with E-state index in [1.807, 2.05) is 0 Å². The Balaban J connectivity index is 2.18. The summed E-state index contributed by atoms with van der Waals surface area (Å²) < 4.78 is 18.5. The van der Waals surface area contributed by atoms with Crippen molar-refractivity contribution in [1.29, 1.82) is 0 Å². The van der Waals surface area contributed by atoms with E-state index in [0.29, 0.717) is 5.69 Å². The third-order valence-corrected chi connectivity index (χ3v) is 3.21. The standard InChI is InChI=1S/C16H15FN2O4/c1-18(2)14-8-7-11(9-15(14)19(21)22)16(20)23-10-12-5-3-4-6-13(12)17/h3-9H,10H2,1-2H3. The summed E-state index contributed by atoms with van der Waals surface area (Å²) in [6.45, 7) is -0.241.